The highest BCUT2D eigenvalue weighted by molar-refractivity contribution is 5.79. The molecule has 5 nitrogen and oxygen atoms in total. The van der Waals surface area contributed by atoms with E-state index in [2.05, 4.69) is 17.4 Å². The first-order valence-electron chi connectivity index (χ1n) is 8.38. The van der Waals surface area contributed by atoms with Crippen LogP contribution < -0.4 is 5.32 Å². The summed E-state index contributed by atoms with van der Waals surface area (Å²) in [5.74, 6) is -0.819. The summed E-state index contributed by atoms with van der Waals surface area (Å²) in [5.41, 5.74) is 3.39. The van der Waals surface area contributed by atoms with Crippen molar-refractivity contribution in [1.82, 2.24) is 5.32 Å². The van der Waals surface area contributed by atoms with Crippen molar-refractivity contribution in [3.63, 3.8) is 0 Å². The van der Waals surface area contributed by atoms with Crippen molar-refractivity contribution >= 4 is 12.1 Å². The summed E-state index contributed by atoms with van der Waals surface area (Å²) in [6.45, 7) is 0.119. The van der Waals surface area contributed by atoms with Crippen molar-refractivity contribution in [2.45, 2.75) is 31.9 Å². The third kappa shape index (κ3) is 4.59. The van der Waals surface area contributed by atoms with Gasteiger partial charge in [0.05, 0.1) is 0 Å². The molecule has 0 bridgehead atoms. The van der Waals surface area contributed by atoms with Gasteiger partial charge in [0.25, 0.3) is 0 Å². The van der Waals surface area contributed by atoms with Crippen LogP contribution in [0.25, 0.3) is 0 Å². The lowest BCUT2D eigenvalue weighted by Crippen LogP contribution is -2.42. The number of benzene rings is 2. The van der Waals surface area contributed by atoms with Crippen LogP contribution in [-0.2, 0) is 29.0 Å². The molecule has 2 aromatic carbocycles. The molecular formula is C20H21NO4. The highest BCUT2D eigenvalue weighted by atomic mass is 16.5. The van der Waals surface area contributed by atoms with Crippen LogP contribution in [0.5, 0.6) is 0 Å². The number of aliphatic carboxylic acids is 1. The monoisotopic (exact) mass is 339 g/mol. The molecule has 0 heterocycles. The number of carboxylic acids is 1. The third-order valence-electron chi connectivity index (χ3n) is 4.51. The highest BCUT2D eigenvalue weighted by Gasteiger charge is 2.28. The number of nitrogens with one attached hydrogen (secondary N) is 1. The van der Waals surface area contributed by atoms with E-state index in [1.165, 1.54) is 11.1 Å². The Morgan fingerprint density at radius 3 is 2.24 bits per heavy atom. The maximum Gasteiger partial charge on any atom is 0.408 e. The van der Waals surface area contributed by atoms with E-state index >= 15 is 0 Å². The van der Waals surface area contributed by atoms with Crippen molar-refractivity contribution in [1.29, 1.82) is 0 Å². The Kier molecular flexibility index (Phi) is 5.33. The topological polar surface area (TPSA) is 75.6 Å². The number of hydrogen-bond acceptors (Lipinski definition) is 3. The van der Waals surface area contributed by atoms with Crippen molar-refractivity contribution in [3.8, 4) is 0 Å². The lowest BCUT2D eigenvalue weighted by Gasteiger charge is -2.18. The van der Waals surface area contributed by atoms with E-state index in [0.717, 1.165) is 18.4 Å². The fourth-order valence-corrected chi connectivity index (χ4v) is 3.28. The molecule has 0 saturated carbocycles. The molecule has 1 amide bonds. The minimum Gasteiger partial charge on any atom is -0.480 e. The molecular weight excluding hydrogens is 318 g/mol. The van der Waals surface area contributed by atoms with Gasteiger partial charge in [0.15, 0.2) is 0 Å². The predicted octanol–water partition coefficient (Wildman–Crippen LogP) is 3.17. The van der Waals surface area contributed by atoms with Crippen LogP contribution in [0.3, 0.4) is 0 Å². The Morgan fingerprint density at radius 2 is 1.64 bits per heavy atom. The first-order chi connectivity index (χ1) is 12.1. The molecule has 0 fully saturated rings. The number of amides is 1. The number of hydrogen-bond donors (Lipinski definition) is 2. The number of alkyl carbamates (subject to hydrolysis) is 1. The molecule has 3 rings (SSSR count). The predicted molar refractivity (Wildman–Crippen MR) is 93.1 cm³/mol. The van der Waals surface area contributed by atoms with Gasteiger partial charge in [-0.05, 0) is 41.9 Å². The largest absolute Gasteiger partial charge is 0.480 e. The van der Waals surface area contributed by atoms with E-state index in [0.29, 0.717) is 6.42 Å². The van der Waals surface area contributed by atoms with E-state index in [1.807, 2.05) is 42.5 Å². The summed E-state index contributed by atoms with van der Waals surface area (Å²) in [7, 11) is 0. The lowest BCUT2D eigenvalue weighted by molar-refractivity contribution is -0.139. The van der Waals surface area contributed by atoms with E-state index in [9.17, 15) is 14.7 Å². The maximum absolute atomic E-state index is 11.9. The van der Waals surface area contributed by atoms with Crippen molar-refractivity contribution in [2.24, 2.45) is 5.92 Å². The summed E-state index contributed by atoms with van der Waals surface area (Å²) in [6.07, 6.45) is 1.39. The average molecular weight is 339 g/mol. The molecule has 25 heavy (non-hydrogen) atoms. The van der Waals surface area contributed by atoms with Crippen LogP contribution >= 0.6 is 0 Å². The lowest BCUT2D eigenvalue weighted by atomic mass is 9.97. The molecule has 5 heteroatoms. The van der Waals surface area contributed by atoms with Gasteiger partial charge in [0.2, 0.25) is 0 Å². The molecule has 1 atom stereocenters. The molecule has 1 aliphatic rings. The smallest absolute Gasteiger partial charge is 0.408 e. The van der Waals surface area contributed by atoms with Gasteiger partial charge in [-0.2, -0.15) is 0 Å². The summed E-state index contributed by atoms with van der Waals surface area (Å²) in [4.78, 5) is 23.4. The molecule has 1 aliphatic carbocycles. The standard InChI is InChI=1S/C20H21NO4/c22-19(23)18(12-15-10-16-8-4-5-9-17(16)11-15)21-20(24)25-13-14-6-2-1-3-7-14/h1-9,15,18H,10-13H2,(H,21,24)(H,22,23). The Labute approximate surface area is 146 Å². The third-order valence-corrected chi connectivity index (χ3v) is 4.51. The molecule has 0 aliphatic heterocycles. The van der Waals surface area contributed by atoms with E-state index in [-0.39, 0.29) is 12.5 Å². The summed E-state index contributed by atoms with van der Waals surface area (Å²) in [5, 5.41) is 11.9. The van der Waals surface area contributed by atoms with Gasteiger partial charge in [-0.15, -0.1) is 0 Å². The van der Waals surface area contributed by atoms with Gasteiger partial charge in [0, 0.05) is 0 Å². The highest BCUT2D eigenvalue weighted by Crippen LogP contribution is 2.29. The van der Waals surface area contributed by atoms with Gasteiger partial charge in [0.1, 0.15) is 12.6 Å². The van der Waals surface area contributed by atoms with Gasteiger partial charge >= 0.3 is 12.1 Å². The Balaban J connectivity index is 1.51. The number of fused-ring (bicyclic) bond motifs is 1. The number of ether oxygens (including phenoxy) is 1. The summed E-state index contributed by atoms with van der Waals surface area (Å²) >= 11 is 0. The minimum absolute atomic E-state index is 0.119. The van der Waals surface area contributed by atoms with E-state index in [4.69, 9.17) is 4.74 Å². The van der Waals surface area contributed by atoms with Gasteiger partial charge in [-0.3, -0.25) is 0 Å². The molecule has 0 saturated heterocycles. The van der Waals surface area contributed by atoms with Crippen molar-refractivity contribution in [3.05, 3.63) is 71.3 Å². The van der Waals surface area contributed by atoms with Gasteiger partial charge in [-0.1, -0.05) is 54.6 Å². The summed E-state index contributed by atoms with van der Waals surface area (Å²) in [6, 6.07) is 16.5. The Bertz CT molecular complexity index is 719. The molecule has 2 aromatic rings. The fourth-order valence-electron chi connectivity index (χ4n) is 3.28. The molecule has 0 spiro atoms. The van der Waals surface area contributed by atoms with Crippen LogP contribution in [0.4, 0.5) is 4.79 Å². The van der Waals surface area contributed by atoms with E-state index < -0.39 is 18.1 Å². The first-order valence-corrected chi connectivity index (χ1v) is 8.38. The quantitative estimate of drug-likeness (QED) is 0.847. The molecule has 0 radical (unpaired) electrons. The molecule has 1 unspecified atom stereocenters. The van der Waals surface area contributed by atoms with E-state index in [1.54, 1.807) is 0 Å². The average Bonchev–Trinajstić information content (AvgIpc) is 3.02. The van der Waals surface area contributed by atoms with Crippen molar-refractivity contribution < 1.29 is 19.4 Å². The number of carbonyl (C=O) groups excluding carboxylic acids is 1. The molecule has 0 aromatic heterocycles. The normalized spacial score (nSPS) is 14.6. The first kappa shape index (κ1) is 17.0. The van der Waals surface area contributed by atoms with Gasteiger partial charge < -0.3 is 15.2 Å². The second-order valence-electron chi connectivity index (χ2n) is 6.38. The molecule has 2 N–H and O–H groups in total. The van der Waals surface area contributed by atoms with Crippen LogP contribution in [0.15, 0.2) is 54.6 Å². The maximum atomic E-state index is 11.9. The zero-order chi connectivity index (χ0) is 17.6. The number of rotatable bonds is 6. The van der Waals surface area contributed by atoms with Gasteiger partial charge in [-0.25, -0.2) is 9.59 Å². The van der Waals surface area contributed by atoms with Crippen molar-refractivity contribution in [2.75, 3.05) is 0 Å². The Morgan fingerprint density at radius 1 is 1.04 bits per heavy atom. The Hall–Kier alpha value is -2.82. The second-order valence-corrected chi connectivity index (χ2v) is 6.38. The minimum atomic E-state index is -1.03. The number of carbonyl (C=O) groups is 2. The van der Waals surface area contributed by atoms with Crippen LogP contribution in [0.2, 0.25) is 0 Å². The zero-order valence-corrected chi connectivity index (χ0v) is 13.9. The number of carboxylic acid groups (broad SMARTS) is 1. The second kappa shape index (κ2) is 7.83. The van der Waals surface area contributed by atoms with Crippen LogP contribution in [0, 0.1) is 5.92 Å². The van der Waals surface area contributed by atoms with Crippen LogP contribution in [-0.4, -0.2) is 23.2 Å². The van der Waals surface area contributed by atoms with Crippen LogP contribution in [0.1, 0.15) is 23.1 Å². The summed E-state index contributed by atoms with van der Waals surface area (Å²) < 4.78 is 5.12. The SMILES string of the molecule is O=C(NC(CC1Cc2ccccc2C1)C(=O)O)OCc1ccccc1. The molecule has 130 valence electrons. The zero-order valence-electron chi connectivity index (χ0n) is 13.9. The fraction of sp³-hybridized carbons (Fsp3) is 0.300.